The van der Waals surface area contributed by atoms with E-state index < -0.39 is 6.03 Å². The van der Waals surface area contributed by atoms with E-state index in [4.69, 9.17) is 5.73 Å². The summed E-state index contributed by atoms with van der Waals surface area (Å²) in [6.07, 6.45) is 2.81. The Labute approximate surface area is 113 Å². The standard InChI is InChI=1S/C12H22N4O3/c1-3-4-5-9(6-13)14-10(17)7-16-11(18)8-15(2)12(16)19/h9H,3-8,13H2,1-2H3,(H,14,17). The number of urea groups is 1. The quantitative estimate of drug-likeness (QED) is 0.610. The van der Waals surface area contributed by atoms with Crippen molar-refractivity contribution in [3.05, 3.63) is 0 Å². The summed E-state index contributed by atoms with van der Waals surface area (Å²) in [7, 11) is 1.53. The average molecular weight is 270 g/mol. The maximum Gasteiger partial charge on any atom is 0.327 e. The molecule has 1 aliphatic rings. The minimum Gasteiger partial charge on any atom is -0.351 e. The Morgan fingerprint density at radius 1 is 1.47 bits per heavy atom. The van der Waals surface area contributed by atoms with Crippen molar-refractivity contribution in [1.82, 2.24) is 15.1 Å². The van der Waals surface area contributed by atoms with E-state index in [-0.39, 0.29) is 30.9 Å². The summed E-state index contributed by atoms with van der Waals surface area (Å²) in [6.45, 7) is 2.22. The molecular weight excluding hydrogens is 248 g/mol. The van der Waals surface area contributed by atoms with Gasteiger partial charge in [0.2, 0.25) is 5.91 Å². The number of nitrogens with zero attached hydrogens (tertiary/aromatic N) is 2. The fraction of sp³-hybridized carbons (Fsp3) is 0.750. The molecule has 0 aromatic heterocycles. The molecule has 0 spiro atoms. The lowest BCUT2D eigenvalue weighted by Gasteiger charge is -2.19. The molecule has 7 heteroatoms. The zero-order valence-electron chi connectivity index (χ0n) is 11.5. The maximum absolute atomic E-state index is 11.8. The van der Waals surface area contributed by atoms with Crippen molar-refractivity contribution in [2.45, 2.75) is 32.2 Å². The molecule has 4 amide bonds. The van der Waals surface area contributed by atoms with Crippen molar-refractivity contribution < 1.29 is 14.4 Å². The molecule has 1 unspecified atom stereocenters. The van der Waals surface area contributed by atoms with Gasteiger partial charge in [0.15, 0.2) is 0 Å². The summed E-state index contributed by atoms with van der Waals surface area (Å²) < 4.78 is 0. The Kier molecular flexibility index (Phi) is 5.75. The lowest BCUT2D eigenvalue weighted by molar-refractivity contribution is -0.131. The molecule has 1 rings (SSSR count). The normalized spacial score (nSPS) is 17.0. The number of unbranched alkanes of at least 4 members (excludes halogenated alkanes) is 1. The molecule has 7 nitrogen and oxygen atoms in total. The second-order valence-electron chi connectivity index (χ2n) is 4.76. The van der Waals surface area contributed by atoms with Gasteiger partial charge in [0.05, 0.1) is 0 Å². The molecule has 1 saturated heterocycles. The molecule has 19 heavy (non-hydrogen) atoms. The van der Waals surface area contributed by atoms with E-state index in [1.165, 1.54) is 11.9 Å². The Morgan fingerprint density at radius 3 is 2.63 bits per heavy atom. The lowest BCUT2D eigenvalue weighted by atomic mass is 10.1. The summed E-state index contributed by atoms with van der Waals surface area (Å²) in [5.41, 5.74) is 5.58. The molecule has 0 aromatic rings. The highest BCUT2D eigenvalue weighted by Crippen LogP contribution is 2.07. The molecule has 1 atom stereocenters. The number of nitrogens with one attached hydrogen (secondary N) is 1. The molecule has 0 bridgehead atoms. The van der Waals surface area contributed by atoms with E-state index in [2.05, 4.69) is 12.2 Å². The van der Waals surface area contributed by atoms with Gasteiger partial charge in [-0.05, 0) is 6.42 Å². The van der Waals surface area contributed by atoms with Gasteiger partial charge in [-0.15, -0.1) is 0 Å². The van der Waals surface area contributed by atoms with Crippen molar-refractivity contribution in [1.29, 1.82) is 0 Å². The van der Waals surface area contributed by atoms with Gasteiger partial charge in [0, 0.05) is 19.6 Å². The topological polar surface area (TPSA) is 95.7 Å². The van der Waals surface area contributed by atoms with Crippen LogP contribution in [-0.2, 0) is 9.59 Å². The number of nitrogens with two attached hydrogens (primary N) is 1. The van der Waals surface area contributed by atoms with Crippen LogP contribution in [0.1, 0.15) is 26.2 Å². The van der Waals surface area contributed by atoms with Crippen LogP contribution in [0.15, 0.2) is 0 Å². The smallest absolute Gasteiger partial charge is 0.327 e. The summed E-state index contributed by atoms with van der Waals surface area (Å²) in [5.74, 6) is -0.691. The van der Waals surface area contributed by atoms with Crippen LogP contribution in [0, 0.1) is 0 Å². The van der Waals surface area contributed by atoms with Gasteiger partial charge in [0.1, 0.15) is 13.1 Å². The van der Waals surface area contributed by atoms with Crippen LogP contribution in [0.25, 0.3) is 0 Å². The van der Waals surface area contributed by atoms with Crippen LogP contribution in [0.4, 0.5) is 4.79 Å². The van der Waals surface area contributed by atoms with E-state index in [0.29, 0.717) is 6.54 Å². The summed E-state index contributed by atoms with van der Waals surface area (Å²) in [5, 5.41) is 2.76. The second kappa shape index (κ2) is 7.08. The third kappa shape index (κ3) is 4.20. The predicted octanol–water partition coefficient (Wildman–Crippen LogP) is -0.486. The number of likely N-dealkylation sites (N-methyl/N-ethyl adjacent to an activating group) is 1. The van der Waals surface area contributed by atoms with Crippen LogP contribution in [-0.4, -0.2) is 60.4 Å². The van der Waals surface area contributed by atoms with Gasteiger partial charge in [0.25, 0.3) is 5.91 Å². The molecule has 1 aliphatic heterocycles. The van der Waals surface area contributed by atoms with Gasteiger partial charge >= 0.3 is 6.03 Å². The lowest BCUT2D eigenvalue weighted by Crippen LogP contribution is -2.46. The summed E-state index contributed by atoms with van der Waals surface area (Å²) in [6, 6.07) is -0.531. The second-order valence-corrected chi connectivity index (χ2v) is 4.76. The molecule has 0 radical (unpaired) electrons. The highest BCUT2D eigenvalue weighted by molar-refractivity contribution is 6.04. The highest BCUT2D eigenvalue weighted by Gasteiger charge is 2.34. The third-order valence-electron chi connectivity index (χ3n) is 3.09. The molecule has 0 aliphatic carbocycles. The van der Waals surface area contributed by atoms with E-state index in [1.807, 2.05) is 0 Å². The molecule has 108 valence electrons. The Balaban J connectivity index is 2.46. The number of rotatable bonds is 7. The fourth-order valence-electron chi connectivity index (χ4n) is 1.94. The van der Waals surface area contributed by atoms with Gasteiger partial charge in [-0.3, -0.25) is 14.5 Å². The first-order valence-electron chi connectivity index (χ1n) is 6.54. The fourth-order valence-corrected chi connectivity index (χ4v) is 1.94. The number of hydrogen-bond acceptors (Lipinski definition) is 4. The number of carbonyl (C=O) groups excluding carboxylic acids is 3. The minimum absolute atomic E-state index is 0.0300. The van der Waals surface area contributed by atoms with Crippen molar-refractivity contribution in [2.75, 3.05) is 26.7 Å². The number of imide groups is 1. The number of carbonyl (C=O) groups is 3. The average Bonchev–Trinajstić information content (AvgIpc) is 2.61. The zero-order chi connectivity index (χ0) is 14.4. The van der Waals surface area contributed by atoms with Gasteiger partial charge in [-0.2, -0.15) is 0 Å². The van der Waals surface area contributed by atoms with Crippen molar-refractivity contribution >= 4 is 17.8 Å². The molecule has 0 saturated carbocycles. The van der Waals surface area contributed by atoms with Gasteiger partial charge in [-0.25, -0.2) is 4.79 Å². The number of amides is 4. The van der Waals surface area contributed by atoms with Crippen molar-refractivity contribution in [2.24, 2.45) is 5.73 Å². The van der Waals surface area contributed by atoms with Gasteiger partial charge in [-0.1, -0.05) is 19.8 Å². The van der Waals surface area contributed by atoms with Crippen molar-refractivity contribution in [3.8, 4) is 0 Å². The zero-order valence-corrected chi connectivity index (χ0v) is 11.5. The van der Waals surface area contributed by atoms with Crippen LogP contribution >= 0.6 is 0 Å². The first-order valence-corrected chi connectivity index (χ1v) is 6.54. The first kappa shape index (κ1) is 15.4. The van der Waals surface area contributed by atoms with Crippen LogP contribution in [0.2, 0.25) is 0 Å². The number of hydrogen-bond donors (Lipinski definition) is 2. The summed E-state index contributed by atoms with van der Waals surface area (Å²) >= 11 is 0. The molecule has 1 fully saturated rings. The van der Waals surface area contributed by atoms with E-state index in [1.54, 1.807) is 0 Å². The molecular formula is C12H22N4O3. The van der Waals surface area contributed by atoms with E-state index >= 15 is 0 Å². The highest BCUT2D eigenvalue weighted by atomic mass is 16.2. The third-order valence-corrected chi connectivity index (χ3v) is 3.09. The Bertz CT molecular complexity index is 359. The molecule has 1 heterocycles. The van der Waals surface area contributed by atoms with Gasteiger partial charge < -0.3 is 16.0 Å². The van der Waals surface area contributed by atoms with E-state index in [0.717, 1.165) is 24.2 Å². The molecule has 0 aromatic carbocycles. The van der Waals surface area contributed by atoms with E-state index in [9.17, 15) is 14.4 Å². The van der Waals surface area contributed by atoms with Crippen LogP contribution in [0.3, 0.4) is 0 Å². The van der Waals surface area contributed by atoms with Crippen molar-refractivity contribution in [3.63, 3.8) is 0 Å². The first-order chi connectivity index (χ1) is 8.99. The predicted molar refractivity (Wildman–Crippen MR) is 70.2 cm³/mol. The largest absolute Gasteiger partial charge is 0.351 e. The van der Waals surface area contributed by atoms with Crippen LogP contribution in [0.5, 0.6) is 0 Å². The Morgan fingerprint density at radius 2 is 2.16 bits per heavy atom. The minimum atomic E-state index is -0.432. The maximum atomic E-state index is 11.8. The Hall–Kier alpha value is -1.63. The van der Waals surface area contributed by atoms with Crippen LogP contribution < -0.4 is 11.1 Å². The SMILES string of the molecule is CCCCC(CN)NC(=O)CN1C(=O)CN(C)C1=O. The summed E-state index contributed by atoms with van der Waals surface area (Å²) in [4.78, 5) is 37.2. The molecule has 3 N–H and O–H groups in total. The monoisotopic (exact) mass is 270 g/mol.